The van der Waals surface area contributed by atoms with E-state index in [9.17, 15) is 19.5 Å². The smallest absolute Gasteiger partial charge is 0.326 e. The van der Waals surface area contributed by atoms with Crippen molar-refractivity contribution < 1.29 is 24.6 Å². The third-order valence-electron chi connectivity index (χ3n) is 4.42. The lowest BCUT2D eigenvalue weighted by atomic mass is 10.0. The van der Waals surface area contributed by atoms with E-state index >= 15 is 0 Å². The lowest BCUT2D eigenvalue weighted by Gasteiger charge is -2.28. The van der Waals surface area contributed by atoms with Crippen LogP contribution in [0.1, 0.15) is 39.2 Å². The molecule has 0 heterocycles. The minimum atomic E-state index is -1.54. The minimum absolute atomic E-state index is 0.0793. The number of carboxylic acids is 2. The maximum atomic E-state index is 12.7. The summed E-state index contributed by atoms with van der Waals surface area (Å²) >= 11 is 0. The number of hydrogen-bond donors (Lipinski definition) is 4. The van der Waals surface area contributed by atoms with E-state index in [1.54, 1.807) is 0 Å². The Morgan fingerprint density at radius 1 is 1.07 bits per heavy atom. The van der Waals surface area contributed by atoms with Crippen molar-refractivity contribution in [1.29, 1.82) is 0 Å². The Labute approximate surface area is 173 Å². The average Bonchev–Trinajstić information content (AvgIpc) is 2.56. The second-order valence-electron chi connectivity index (χ2n) is 9.43. The van der Waals surface area contributed by atoms with Crippen molar-refractivity contribution in [2.24, 2.45) is 0 Å². The van der Waals surface area contributed by atoms with Gasteiger partial charge in [0, 0.05) is 18.4 Å². The molecule has 8 heteroatoms. The van der Waals surface area contributed by atoms with Gasteiger partial charge in [-0.2, -0.15) is 0 Å². The second-order valence-corrected chi connectivity index (χ2v) is 14.5. The number of hydrogen-bond acceptors (Lipinski definition) is 4. The van der Waals surface area contributed by atoms with E-state index in [4.69, 9.17) is 5.11 Å². The molecule has 1 amide bonds. The van der Waals surface area contributed by atoms with Gasteiger partial charge < -0.3 is 20.8 Å². The van der Waals surface area contributed by atoms with Crippen LogP contribution in [0.4, 0.5) is 0 Å². The van der Waals surface area contributed by atoms with Crippen molar-refractivity contribution in [1.82, 2.24) is 10.6 Å². The van der Waals surface area contributed by atoms with Crippen LogP contribution in [0.5, 0.6) is 0 Å². The van der Waals surface area contributed by atoms with Crippen molar-refractivity contribution in [3.8, 4) is 0 Å². The van der Waals surface area contributed by atoms with Crippen molar-refractivity contribution in [3.63, 3.8) is 0 Å². The van der Waals surface area contributed by atoms with Gasteiger partial charge >= 0.3 is 11.9 Å². The fourth-order valence-electron chi connectivity index (χ4n) is 2.93. The van der Waals surface area contributed by atoms with Crippen LogP contribution in [-0.4, -0.2) is 53.8 Å². The molecular formula is C21H34N2O5Si. The highest BCUT2D eigenvalue weighted by Gasteiger charge is 2.29. The summed E-state index contributed by atoms with van der Waals surface area (Å²) in [4.78, 5) is 35.4. The van der Waals surface area contributed by atoms with Crippen molar-refractivity contribution in [2.75, 3.05) is 0 Å². The number of rotatable bonds is 10. The lowest BCUT2D eigenvalue weighted by Crippen LogP contribution is -2.55. The third kappa shape index (κ3) is 9.23. The molecule has 0 unspecified atom stereocenters. The van der Waals surface area contributed by atoms with Crippen LogP contribution in [0, 0.1) is 0 Å². The molecular weight excluding hydrogens is 388 g/mol. The van der Waals surface area contributed by atoms with Crippen LogP contribution < -0.4 is 15.8 Å². The van der Waals surface area contributed by atoms with Gasteiger partial charge in [-0.3, -0.25) is 9.59 Å². The van der Waals surface area contributed by atoms with Crippen molar-refractivity contribution in [3.05, 3.63) is 29.8 Å². The summed E-state index contributed by atoms with van der Waals surface area (Å²) in [6.07, 6.45) is 0.0631. The molecule has 1 rings (SSSR count). The maximum absolute atomic E-state index is 12.7. The van der Waals surface area contributed by atoms with Crippen molar-refractivity contribution in [2.45, 2.75) is 77.3 Å². The topological polar surface area (TPSA) is 116 Å². The molecule has 0 saturated carbocycles. The molecule has 7 nitrogen and oxygen atoms in total. The Bertz CT molecular complexity index is 737. The number of aliphatic carboxylic acids is 2. The van der Waals surface area contributed by atoms with Crippen LogP contribution in [-0.2, 0) is 20.8 Å². The van der Waals surface area contributed by atoms with E-state index in [2.05, 4.69) is 36.3 Å². The molecule has 0 aliphatic carbocycles. The average molecular weight is 423 g/mol. The zero-order chi connectivity index (χ0) is 22.4. The Morgan fingerprint density at radius 2 is 1.69 bits per heavy atom. The van der Waals surface area contributed by atoms with Gasteiger partial charge in [0.2, 0.25) is 5.91 Å². The van der Waals surface area contributed by atoms with E-state index in [1.807, 2.05) is 39.0 Å². The first kappa shape index (κ1) is 24.8. The predicted molar refractivity (Wildman–Crippen MR) is 116 cm³/mol. The van der Waals surface area contributed by atoms with Gasteiger partial charge in [0.1, 0.15) is 6.04 Å². The van der Waals surface area contributed by atoms with Gasteiger partial charge in [-0.1, -0.05) is 49.1 Å². The van der Waals surface area contributed by atoms with Gasteiger partial charge in [0.05, 0.1) is 14.1 Å². The lowest BCUT2D eigenvalue weighted by molar-refractivity contribution is -0.142. The number of carbonyl (C=O) groups is 3. The SMILES string of the molecule is CC(C)(C)N[C@@H](CCC(=O)O)C(=O)N[C@@H](Cc1cccc([Si](C)(C)C)c1)C(=O)O. The van der Waals surface area contributed by atoms with Gasteiger partial charge in [0.15, 0.2) is 0 Å². The van der Waals surface area contributed by atoms with Crippen LogP contribution in [0.15, 0.2) is 24.3 Å². The molecule has 29 heavy (non-hydrogen) atoms. The number of nitrogens with one attached hydrogen (secondary N) is 2. The molecule has 0 aliphatic rings. The number of benzene rings is 1. The normalized spacial score (nSPS) is 14.1. The first-order valence-corrected chi connectivity index (χ1v) is 13.3. The van der Waals surface area contributed by atoms with E-state index < -0.39 is 43.5 Å². The van der Waals surface area contributed by atoms with Gasteiger partial charge in [-0.25, -0.2) is 4.79 Å². The van der Waals surface area contributed by atoms with Crippen LogP contribution >= 0.6 is 0 Å². The van der Waals surface area contributed by atoms with Crippen molar-refractivity contribution >= 4 is 31.1 Å². The summed E-state index contributed by atoms with van der Waals surface area (Å²) < 4.78 is 0. The van der Waals surface area contributed by atoms with Crippen LogP contribution in [0.3, 0.4) is 0 Å². The summed E-state index contributed by atoms with van der Waals surface area (Å²) in [5.41, 5.74) is 0.425. The Hall–Kier alpha value is -2.19. The number of carboxylic acid groups (broad SMARTS) is 2. The van der Waals surface area contributed by atoms with Crippen LogP contribution in [0.2, 0.25) is 19.6 Å². The highest BCUT2D eigenvalue weighted by Crippen LogP contribution is 2.10. The zero-order valence-corrected chi connectivity index (χ0v) is 19.2. The van der Waals surface area contributed by atoms with E-state index in [-0.39, 0.29) is 19.3 Å². The Balaban J connectivity index is 2.96. The first-order chi connectivity index (χ1) is 13.2. The summed E-state index contributed by atoms with van der Waals surface area (Å²) in [5, 5.41) is 25.5. The highest BCUT2D eigenvalue weighted by molar-refractivity contribution is 6.88. The summed E-state index contributed by atoms with van der Waals surface area (Å²) in [5.74, 6) is -2.63. The molecule has 0 saturated heterocycles. The molecule has 0 aliphatic heterocycles. The van der Waals surface area contributed by atoms with E-state index in [0.29, 0.717) is 0 Å². The molecule has 0 radical (unpaired) electrons. The Morgan fingerprint density at radius 3 is 2.17 bits per heavy atom. The zero-order valence-electron chi connectivity index (χ0n) is 18.2. The molecule has 4 N–H and O–H groups in total. The third-order valence-corrected chi connectivity index (χ3v) is 6.46. The highest BCUT2D eigenvalue weighted by atomic mass is 28.3. The fourth-order valence-corrected chi connectivity index (χ4v) is 4.15. The van der Waals surface area contributed by atoms with E-state index in [0.717, 1.165) is 5.56 Å². The molecule has 0 aromatic heterocycles. The van der Waals surface area contributed by atoms with Gasteiger partial charge in [-0.05, 0) is 32.8 Å². The monoisotopic (exact) mass is 422 g/mol. The molecule has 2 atom stereocenters. The quantitative estimate of drug-likeness (QED) is 0.429. The largest absolute Gasteiger partial charge is 0.481 e. The molecule has 162 valence electrons. The summed E-state index contributed by atoms with van der Waals surface area (Å²) in [6.45, 7) is 12.2. The molecule has 0 spiro atoms. The fraction of sp³-hybridized carbons (Fsp3) is 0.571. The Kier molecular flexibility index (Phi) is 8.59. The first-order valence-electron chi connectivity index (χ1n) is 9.81. The summed E-state index contributed by atoms with van der Waals surface area (Å²) in [7, 11) is -1.54. The number of amides is 1. The molecule has 0 fully saturated rings. The molecule has 1 aromatic carbocycles. The molecule has 1 aromatic rings. The number of carbonyl (C=O) groups excluding carboxylic acids is 1. The van der Waals surface area contributed by atoms with E-state index in [1.165, 1.54) is 5.19 Å². The predicted octanol–water partition coefficient (Wildman–Crippen LogP) is 1.97. The van der Waals surface area contributed by atoms with Gasteiger partial charge in [0.25, 0.3) is 0 Å². The molecule has 0 bridgehead atoms. The standard InChI is InChI=1S/C21H34N2O5Si/c1-21(2,3)23-16(10-11-18(24)25)19(26)22-17(20(27)28)13-14-8-7-9-15(12-14)29(4,5)6/h7-9,12,16-17,23H,10-11,13H2,1-6H3,(H,22,26)(H,24,25)(H,27,28)/t16-,17-/m0/s1. The summed E-state index contributed by atoms with van der Waals surface area (Å²) in [6, 6.07) is 5.97. The van der Waals surface area contributed by atoms with Crippen LogP contribution in [0.25, 0.3) is 0 Å². The maximum Gasteiger partial charge on any atom is 0.326 e. The van der Waals surface area contributed by atoms with Gasteiger partial charge in [-0.15, -0.1) is 0 Å². The minimum Gasteiger partial charge on any atom is -0.481 e. The second kappa shape index (κ2) is 10.0.